The fourth-order valence-electron chi connectivity index (χ4n) is 2.39. The van der Waals surface area contributed by atoms with Gasteiger partial charge in [-0.1, -0.05) is 29.8 Å². The number of carbonyl (C=O) groups excluding carboxylic acids is 1. The van der Waals surface area contributed by atoms with Gasteiger partial charge in [0.1, 0.15) is 23.2 Å². The Morgan fingerprint density at radius 3 is 2.54 bits per heavy atom. The van der Waals surface area contributed by atoms with E-state index in [0.717, 1.165) is 5.69 Å². The molecule has 7 heteroatoms. The van der Waals surface area contributed by atoms with E-state index in [0.29, 0.717) is 17.3 Å². The molecule has 2 aromatic carbocycles. The Morgan fingerprint density at radius 1 is 1.12 bits per heavy atom. The lowest BCUT2D eigenvalue weighted by molar-refractivity contribution is 0.102. The second-order valence-electron chi connectivity index (χ2n) is 5.64. The Morgan fingerprint density at radius 2 is 1.85 bits per heavy atom. The molecule has 0 radical (unpaired) electrons. The van der Waals surface area contributed by atoms with Gasteiger partial charge in [0, 0.05) is 24.5 Å². The summed E-state index contributed by atoms with van der Waals surface area (Å²) >= 11 is 5.74. The predicted octanol–water partition coefficient (Wildman–Crippen LogP) is 4.60. The van der Waals surface area contributed by atoms with E-state index in [1.807, 2.05) is 42.3 Å². The third-order valence-electron chi connectivity index (χ3n) is 3.72. The maximum absolute atomic E-state index is 13.2. The van der Waals surface area contributed by atoms with Crippen LogP contribution in [0.25, 0.3) is 0 Å². The highest BCUT2D eigenvalue weighted by Crippen LogP contribution is 2.23. The van der Waals surface area contributed by atoms with Crippen LogP contribution in [0.4, 0.5) is 21.6 Å². The summed E-state index contributed by atoms with van der Waals surface area (Å²) in [6, 6.07) is 15.2. The summed E-state index contributed by atoms with van der Waals surface area (Å²) in [6.45, 7) is 1.72. The van der Waals surface area contributed by atoms with Crippen LogP contribution in [-0.4, -0.2) is 22.9 Å². The van der Waals surface area contributed by atoms with E-state index in [1.165, 1.54) is 18.2 Å². The molecule has 0 fully saturated rings. The van der Waals surface area contributed by atoms with Crippen LogP contribution in [0.3, 0.4) is 0 Å². The average Bonchev–Trinajstić information content (AvgIpc) is 2.64. The molecule has 0 aliphatic carbocycles. The number of carbonyl (C=O) groups is 1. The lowest BCUT2D eigenvalue weighted by atomic mass is 10.2. The van der Waals surface area contributed by atoms with Crippen molar-refractivity contribution in [1.82, 2.24) is 9.97 Å². The number of aryl methyl sites for hydroxylation is 1. The largest absolute Gasteiger partial charge is 0.329 e. The summed E-state index contributed by atoms with van der Waals surface area (Å²) in [5, 5.41) is 2.60. The Labute approximate surface area is 155 Å². The lowest BCUT2D eigenvalue weighted by Crippen LogP contribution is -2.18. The van der Waals surface area contributed by atoms with Gasteiger partial charge in [0.25, 0.3) is 5.91 Å². The number of anilines is 3. The highest BCUT2D eigenvalue weighted by atomic mass is 35.5. The zero-order chi connectivity index (χ0) is 18.7. The number of amides is 1. The molecule has 0 saturated carbocycles. The van der Waals surface area contributed by atoms with Crippen LogP contribution < -0.4 is 10.2 Å². The van der Waals surface area contributed by atoms with Crippen molar-refractivity contribution >= 4 is 34.7 Å². The molecular weight excluding hydrogens is 355 g/mol. The molecule has 3 rings (SSSR count). The number of rotatable bonds is 4. The van der Waals surface area contributed by atoms with Gasteiger partial charge in [0.2, 0.25) is 0 Å². The Balaban J connectivity index is 1.87. The number of hydrogen-bond donors (Lipinski definition) is 1. The molecule has 0 spiro atoms. The molecule has 5 nitrogen and oxygen atoms in total. The van der Waals surface area contributed by atoms with Gasteiger partial charge in [-0.25, -0.2) is 14.4 Å². The van der Waals surface area contributed by atoms with Crippen LogP contribution >= 0.6 is 11.6 Å². The van der Waals surface area contributed by atoms with Gasteiger partial charge in [0.05, 0.1) is 5.02 Å². The normalized spacial score (nSPS) is 10.5. The van der Waals surface area contributed by atoms with Crippen LogP contribution in [0.2, 0.25) is 5.02 Å². The second-order valence-corrected chi connectivity index (χ2v) is 6.04. The van der Waals surface area contributed by atoms with E-state index in [4.69, 9.17) is 11.6 Å². The molecule has 0 saturated heterocycles. The first-order chi connectivity index (χ1) is 12.4. The summed E-state index contributed by atoms with van der Waals surface area (Å²) in [7, 11) is 1.86. The van der Waals surface area contributed by atoms with Crippen LogP contribution in [-0.2, 0) is 0 Å². The molecule has 1 amide bonds. The van der Waals surface area contributed by atoms with Crippen LogP contribution in [0.15, 0.2) is 54.6 Å². The van der Waals surface area contributed by atoms with Crippen LogP contribution in [0.5, 0.6) is 0 Å². The predicted molar refractivity (Wildman–Crippen MR) is 101 cm³/mol. The molecule has 0 aliphatic heterocycles. The van der Waals surface area contributed by atoms with E-state index in [9.17, 15) is 9.18 Å². The standard InChI is InChI=1S/C19H16ClFN4O/c1-12-22-17(19(26)24-13-8-9-16(21)15(20)10-13)11-18(23-12)25(2)14-6-4-3-5-7-14/h3-11H,1-2H3,(H,24,26). The molecule has 0 unspecified atom stereocenters. The minimum absolute atomic E-state index is 0.0637. The van der Waals surface area contributed by atoms with Crippen molar-refractivity contribution in [2.24, 2.45) is 0 Å². The van der Waals surface area contributed by atoms with E-state index < -0.39 is 11.7 Å². The molecule has 1 heterocycles. The minimum Gasteiger partial charge on any atom is -0.329 e. The van der Waals surface area contributed by atoms with Crippen molar-refractivity contribution in [1.29, 1.82) is 0 Å². The van der Waals surface area contributed by atoms with Gasteiger partial charge in [-0.3, -0.25) is 4.79 Å². The number of aromatic nitrogens is 2. The third-order valence-corrected chi connectivity index (χ3v) is 4.01. The molecule has 26 heavy (non-hydrogen) atoms. The monoisotopic (exact) mass is 370 g/mol. The Bertz CT molecular complexity index is 950. The van der Waals surface area contributed by atoms with Gasteiger partial charge in [0.15, 0.2) is 0 Å². The molecule has 1 N–H and O–H groups in total. The van der Waals surface area contributed by atoms with Crippen molar-refractivity contribution in [3.05, 3.63) is 77.0 Å². The molecular formula is C19H16ClFN4O. The van der Waals surface area contributed by atoms with Crippen molar-refractivity contribution in [3.8, 4) is 0 Å². The van der Waals surface area contributed by atoms with Gasteiger partial charge in [-0.05, 0) is 37.3 Å². The van der Waals surface area contributed by atoms with Gasteiger partial charge < -0.3 is 10.2 Å². The van der Waals surface area contributed by atoms with Crippen molar-refractivity contribution in [2.45, 2.75) is 6.92 Å². The number of halogens is 2. The van der Waals surface area contributed by atoms with E-state index in [-0.39, 0.29) is 10.7 Å². The van der Waals surface area contributed by atoms with Crippen LogP contribution in [0.1, 0.15) is 16.3 Å². The van der Waals surface area contributed by atoms with Crippen molar-refractivity contribution in [2.75, 3.05) is 17.3 Å². The van der Waals surface area contributed by atoms with E-state index >= 15 is 0 Å². The van der Waals surface area contributed by atoms with Crippen LogP contribution in [0, 0.1) is 12.7 Å². The number of hydrogen-bond acceptors (Lipinski definition) is 4. The number of nitrogens with one attached hydrogen (secondary N) is 1. The summed E-state index contributed by atoms with van der Waals surface area (Å²) in [4.78, 5) is 23.0. The molecule has 0 atom stereocenters. The molecule has 0 bridgehead atoms. The fraction of sp³-hybridized carbons (Fsp3) is 0.105. The topological polar surface area (TPSA) is 58.1 Å². The summed E-state index contributed by atoms with van der Waals surface area (Å²) in [6.07, 6.45) is 0. The molecule has 1 aromatic heterocycles. The quantitative estimate of drug-likeness (QED) is 0.729. The Kier molecular flexibility index (Phi) is 5.14. The number of nitrogens with zero attached hydrogens (tertiary/aromatic N) is 3. The Hall–Kier alpha value is -2.99. The first-order valence-electron chi connectivity index (χ1n) is 7.85. The maximum atomic E-state index is 13.2. The second kappa shape index (κ2) is 7.49. The summed E-state index contributed by atoms with van der Waals surface area (Å²) < 4.78 is 13.2. The van der Waals surface area contributed by atoms with Crippen molar-refractivity contribution < 1.29 is 9.18 Å². The van der Waals surface area contributed by atoms with E-state index in [2.05, 4.69) is 15.3 Å². The SMILES string of the molecule is Cc1nc(C(=O)Nc2ccc(F)c(Cl)c2)cc(N(C)c2ccccc2)n1. The van der Waals surface area contributed by atoms with Gasteiger partial charge in [-0.2, -0.15) is 0 Å². The first kappa shape index (κ1) is 17.8. The highest BCUT2D eigenvalue weighted by Gasteiger charge is 2.14. The first-order valence-corrected chi connectivity index (χ1v) is 8.22. The number of benzene rings is 2. The smallest absolute Gasteiger partial charge is 0.274 e. The lowest BCUT2D eigenvalue weighted by Gasteiger charge is -2.19. The molecule has 132 valence electrons. The van der Waals surface area contributed by atoms with Gasteiger partial charge >= 0.3 is 0 Å². The average molecular weight is 371 g/mol. The molecule has 0 aliphatic rings. The minimum atomic E-state index is -0.547. The molecule has 3 aromatic rings. The van der Waals surface area contributed by atoms with E-state index in [1.54, 1.807) is 13.0 Å². The van der Waals surface area contributed by atoms with Gasteiger partial charge in [-0.15, -0.1) is 0 Å². The van der Waals surface area contributed by atoms with Crippen molar-refractivity contribution in [3.63, 3.8) is 0 Å². The zero-order valence-corrected chi connectivity index (χ0v) is 15.0. The third kappa shape index (κ3) is 3.97. The summed E-state index contributed by atoms with van der Waals surface area (Å²) in [5.41, 5.74) is 1.52. The maximum Gasteiger partial charge on any atom is 0.274 e. The summed E-state index contributed by atoms with van der Waals surface area (Å²) in [5.74, 6) is 0.0776. The highest BCUT2D eigenvalue weighted by molar-refractivity contribution is 6.31. The zero-order valence-electron chi connectivity index (χ0n) is 14.2. The fourth-order valence-corrected chi connectivity index (χ4v) is 2.57. The number of para-hydroxylation sites is 1.